The third kappa shape index (κ3) is 10.8. The minimum atomic E-state index is -0.966. The Labute approximate surface area is 267 Å². The number of rotatable bonds is 16. The predicted octanol–water partition coefficient (Wildman–Crippen LogP) is 2.40. The van der Waals surface area contributed by atoms with E-state index in [4.69, 9.17) is 14.2 Å². The van der Waals surface area contributed by atoms with Crippen LogP contribution in [0.1, 0.15) is 71.3 Å². The second-order valence-electron chi connectivity index (χ2n) is 13.4. The fraction of sp³-hybridized carbons (Fsp3) is 0.706. The number of methoxy groups -OCH3 is 1. The van der Waals surface area contributed by atoms with Gasteiger partial charge in [0, 0.05) is 19.5 Å². The van der Waals surface area contributed by atoms with Gasteiger partial charge in [-0.25, -0.2) is 0 Å². The summed E-state index contributed by atoms with van der Waals surface area (Å²) in [4.78, 5) is 56.3. The number of benzene rings is 1. The summed E-state index contributed by atoms with van der Waals surface area (Å²) in [7, 11) is 1.58. The van der Waals surface area contributed by atoms with E-state index >= 15 is 0 Å². The van der Waals surface area contributed by atoms with E-state index in [-0.39, 0.29) is 30.6 Å². The Bertz CT molecular complexity index is 1140. The van der Waals surface area contributed by atoms with Gasteiger partial charge >= 0.3 is 0 Å². The SMILES string of the molecule is COc1ccc(C[C@H](NC(=O)[C@H](CC2CCCCC2)NC(=O)CN2CCOCC2)C(=O)N[C@@H](CC(C)C)C(=O)[C@@]2(C)CO2)cc1. The molecule has 4 rings (SSSR count). The number of morpholine rings is 1. The van der Waals surface area contributed by atoms with E-state index in [0.717, 1.165) is 31.2 Å². The van der Waals surface area contributed by atoms with Gasteiger partial charge in [-0.1, -0.05) is 58.1 Å². The number of epoxide rings is 1. The Morgan fingerprint density at radius 2 is 1.56 bits per heavy atom. The second-order valence-corrected chi connectivity index (χ2v) is 13.4. The van der Waals surface area contributed by atoms with Crippen molar-refractivity contribution in [3.63, 3.8) is 0 Å². The maximum absolute atomic E-state index is 14.0. The van der Waals surface area contributed by atoms with E-state index in [0.29, 0.717) is 57.4 Å². The van der Waals surface area contributed by atoms with Crippen LogP contribution in [0.4, 0.5) is 0 Å². The van der Waals surface area contributed by atoms with E-state index in [2.05, 4.69) is 16.0 Å². The van der Waals surface area contributed by atoms with E-state index in [1.807, 2.05) is 30.9 Å². The van der Waals surface area contributed by atoms with Crippen molar-refractivity contribution in [2.45, 2.75) is 95.9 Å². The minimum absolute atomic E-state index is 0.151. The summed E-state index contributed by atoms with van der Waals surface area (Å²) in [5.74, 6) is -0.0714. The van der Waals surface area contributed by atoms with Crippen LogP contribution in [-0.2, 0) is 35.1 Å². The first-order valence-corrected chi connectivity index (χ1v) is 16.6. The molecule has 3 aliphatic rings. The van der Waals surface area contributed by atoms with Crippen LogP contribution in [0.2, 0.25) is 0 Å². The van der Waals surface area contributed by atoms with Gasteiger partial charge in [-0.15, -0.1) is 0 Å². The summed E-state index contributed by atoms with van der Waals surface area (Å²) in [6.07, 6.45) is 6.60. The summed E-state index contributed by atoms with van der Waals surface area (Å²) < 4.78 is 16.1. The fourth-order valence-electron chi connectivity index (χ4n) is 6.26. The maximum atomic E-state index is 14.0. The number of carbonyl (C=O) groups excluding carboxylic acids is 4. The molecule has 0 aromatic heterocycles. The maximum Gasteiger partial charge on any atom is 0.243 e. The molecular formula is C34H52N4O7. The van der Waals surface area contributed by atoms with Crippen LogP contribution in [0.3, 0.4) is 0 Å². The molecule has 3 fully saturated rings. The normalized spacial score (nSPS) is 22.6. The van der Waals surface area contributed by atoms with Crippen molar-refractivity contribution in [1.29, 1.82) is 0 Å². The van der Waals surface area contributed by atoms with Gasteiger partial charge in [0.2, 0.25) is 17.7 Å². The summed E-state index contributed by atoms with van der Waals surface area (Å²) in [5.41, 5.74) is -0.0714. The van der Waals surface area contributed by atoms with Crippen molar-refractivity contribution in [3.8, 4) is 5.75 Å². The standard InChI is InChI=1S/C34H52N4O7/c1-23(2)18-27(31(40)34(3)22-45-34)36-33(42)29(20-25-10-12-26(43-4)13-11-25)37-32(41)28(19-24-8-6-5-7-9-24)35-30(39)21-38-14-16-44-17-15-38/h10-13,23-24,27-29H,5-9,14-22H2,1-4H3,(H,35,39)(H,36,42)(H,37,41)/t27-,28-,29-,34+/m0/s1. The van der Waals surface area contributed by atoms with Crippen LogP contribution in [-0.4, -0.2) is 98.7 Å². The lowest BCUT2D eigenvalue weighted by molar-refractivity contribution is -0.134. The fourth-order valence-corrected chi connectivity index (χ4v) is 6.26. The van der Waals surface area contributed by atoms with Crippen LogP contribution in [0.15, 0.2) is 24.3 Å². The highest BCUT2D eigenvalue weighted by atomic mass is 16.6. The molecule has 0 bridgehead atoms. The quantitative estimate of drug-likeness (QED) is 0.237. The van der Waals surface area contributed by atoms with E-state index < -0.39 is 35.5 Å². The van der Waals surface area contributed by atoms with Crippen LogP contribution < -0.4 is 20.7 Å². The van der Waals surface area contributed by atoms with Gasteiger partial charge in [0.05, 0.1) is 39.5 Å². The molecule has 3 N–H and O–H groups in total. The van der Waals surface area contributed by atoms with Gasteiger partial charge in [0.25, 0.3) is 0 Å². The van der Waals surface area contributed by atoms with Crippen LogP contribution in [0, 0.1) is 11.8 Å². The Morgan fingerprint density at radius 1 is 0.933 bits per heavy atom. The topological polar surface area (TPSA) is 139 Å². The van der Waals surface area contributed by atoms with Gasteiger partial charge in [-0.3, -0.25) is 24.1 Å². The molecule has 1 aromatic carbocycles. The number of ether oxygens (including phenoxy) is 3. The number of hydrogen-bond acceptors (Lipinski definition) is 8. The van der Waals surface area contributed by atoms with Crippen LogP contribution >= 0.6 is 0 Å². The predicted molar refractivity (Wildman–Crippen MR) is 170 cm³/mol. The number of nitrogens with one attached hydrogen (secondary N) is 3. The average Bonchev–Trinajstić information content (AvgIpc) is 3.79. The molecule has 0 spiro atoms. The average molecular weight is 629 g/mol. The van der Waals surface area contributed by atoms with Gasteiger partial charge in [0.1, 0.15) is 23.4 Å². The number of amides is 3. The minimum Gasteiger partial charge on any atom is -0.497 e. The van der Waals surface area contributed by atoms with Crippen molar-refractivity contribution in [1.82, 2.24) is 20.9 Å². The molecule has 2 aliphatic heterocycles. The first kappa shape index (κ1) is 34.8. The lowest BCUT2D eigenvalue weighted by atomic mass is 9.84. The van der Waals surface area contributed by atoms with E-state index in [1.54, 1.807) is 26.2 Å². The highest BCUT2D eigenvalue weighted by molar-refractivity contribution is 5.98. The molecule has 2 heterocycles. The number of ketones is 1. The number of nitrogens with zero attached hydrogens (tertiary/aromatic N) is 1. The Balaban J connectivity index is 1.52. The monoisotopic (exact) mass is 628 g/mol. The van der Waals surface area contributed by atoms with Crippen molar-refractivity contribution in [2.24, 2.45) is 11.8 Å². The number of Topliss-reactive ketones (excluding diaryl/α,β-unsaturated/α-hetero) is 1. The van der Waals surface area contributed by atoms with Crippen molar-refractivity contribution < 1.29 is 33.4 Å². The zero-order valence-electron chi connectivity index (χ0n) is 27.4. The molecule has 0 radical (unpaired) electrons. The molecule has 4 atom stereocenters. The largest absolute Gasteiger partial charge is 0.497 e. The molecule has 1 aromatic rings. The molecule has 1 saturated carbocycles. The molecule has 45 heavy (non-hydrogen) atoms. The highest BCUT2D eigenvalue weighted by Crippen LogP contribution is 2.30. The highest BCUT2D eigenvalue weighted by Gasteiger charge is 2.50. The summed E-state index contributed by atoms with van der Waals surface area (Å²) in [6.45, 7) is 8.72. The summed E-state index contributed by atoms with van der Waals surface area (Å²) in [6, 6.07) is 4.83. The first-order valence-electron chi connectivity index (χ1n) is 16.6. The Kier molecular flexibility index (Phi) is 12.8. The van der Waals surface area contributed by atoms with Crippen molar-refractivity contribution in [3.05, 3.63) is 29.8 Å². The number of hydrogen-bond donors (Lipinski definition) is 3. The molecule has 2 saturated heterocycles. The van der Waals surface area contributed by atoms with Gasteiger partial charge < -0.3 is 30.2 Å². The Morgan fingerprint density at radius 3 is 2.16 bits per heavy atom. The lowest BCUT2D eigenvalue weighted by Gasteiger charge is -2.30. The Hall–Kier alpha value is -3.02. The van der Waals surface area contributed by atoms with E-state index in [1.165, 1.54) is 6.42 Å². The molecule has 11 heteroatoms. The third-order valence-corrected chi connectivity index (χ3v) is 9.09. The van der Waals surface area contributed by atoms with Crippen LogP contribution in [0.25, 0.3) is 0 Å². The second kappa shape index (κ2) is 16.5. The molecule has 0 unspecified atom stereocenters. The zero-order valence-corrected chi connectivity index (χ0v) is 27.4. The summed E-state index contributed by atoms with van der Waals surface area (Å²) >= 11 is 0. The number of carbonyl (C=O) groups is 4. The van der Waals surface area contributed by atoms with Crippen molar-refractivity contribution >= 4 is 23.5 Å². The van der Waals surface area contributed by atoms with Crippen LogP contribution in [0.5, 0.6) is 5.75 Å². The third-order valence-electron chi connectivity index (χ3n) is 9.09. The molecule has 1 aliphatic carbocycles. The molecule has 3 amide bonds. The molecular weight excluding hydrogens is 576 g/mol. The zero-order chi connectivity index (χ0) is 32.4. The van der Waals surface area contributed by atoms with Gasteiger partial charge in [0.15, 0.2) is 5.78 Å². The smallest absolute Gasteiger partial charge is 0.243 e. The first-order chi connectivity index (χ1) is 21.6. The van der Waals surface area contributed by atoms with Gasteiger partial charge in [-0.2, -0.15) is 0 Å². The van der Waals surface area contributed by atoms with E-state index in [9.17, 15) is 19.2 Å². The van der Waals surface area contributed by atoms with Gasteiger partial charge in [-0.05, 0) is 49.3 Å². The lowest BCUT2D eigenvalue weighted by Crippen LogP contribution is -2.58. The molecule has 250 valence electrons. The van der Waals surface area contributed by atoms with Crippen molar-refractivity contribution in [2.75, 3.05) is 46.6 Å². The molecule has 11 nitrogen and oxygen atoms in total. The summed E-state index contributed by atoms with van der Waals surface area (Å²) in [5, 5.41) is 8.91.